The Kier molecular flexibility index (Phi) is 5.81. The van der Waals surface area contributed by atoms with Gasteiger partial charge in [-0.3, -0.25) is 4.57 Å². The summed E-state index contributed by atoms with van der Waals surface area (Å²) < 4.78 is 4.60. The number of para-hydroxylation sites is 2. The first kappa shape index (κ1) is 26.6. The predicted octanol–water partition coefficient (Wildman–Crippen LogP) is 10.6. The second kappa shape index (κ2) is 10.5. The lowest BCUT2D eigenvalue weighted by Gasteiger charge is -2.11. The highest BCUT2D eigenvalue weighted by atomic mass is 15.2. The molecule has 48 heavy (non-hydrogen) atoms. The summed E-state index contributed by atoms with van der Waals surface area (Å²) in [5, 5.41) is 7.12. The number of hydrogen-bond acceptors (Lipinski definition) is 3. The first-order valence-corrected chi connectivity index (χ1v) is 16.1. The van der Waals surface area contributed by atoms with E-state index in [0.29, 0.717) is 17.6 Å². The molecule has 3 aromatic heterocycles. The molecule has 0 amide bonds. The Labute approximate surface area is 276 Å². The van der Waals surface area contributed by atoms with Crippen molar-refractivity contribution in [2.24, 2.45) is 0 Å². The van der Waals surface area contributed by atoms with Gasteiger partial charge in [0.15, 0.2) is 11.6 Å². The zero-order valence-electron chi connectivity index (χ0n) is 25.8. The molecule has 0 N–H and O–H groups in total. The monoisotopic (exact) mass is 613 g/mol. The SMILES string of the molecule is c1ccc(-c2nc(-c3ccccc3)nc(-n3c4ccccc4c4cc5c(cc43)c3ccccc3n5-c3ccc4ccccc4c3)n2)cc1. The average Bonchev–Trinajstić information content (AvgIpc) is 3.66. The number of benzene rings is 7. The van der Waals surface area contributed by atoms with Gasteiger partial charge in [-0.25, -0.2) is 4.98 Å². The normalized spacial score (nSPS) is 11.8. The summed E-state index contributed by atoms with van der Waals surface area (Å²) in [6.07, 6.45) is 0. The molecular formula is C43H27N5. The summed E-state index contributed by atoms with van der Waals surface area (Å²) in [6, 6.07) is 57.4. The van der Waals surface area contributed by atoms with Crippen molar-refractivity contribution < 1.29 is 0 Å². The molecule has 0 saturated carbocycles. The number of rotatable bonds is 4. The first-order valence-electron chi connectivity index (χ1n) is 16.1. The summed E-state index contributed by atoms with van der Waals surface area (Å²) in [5.74, 6) is 1.87. The first-order chi connectivity index (χ1) is 23.8. The molecule has 0 fully saturated rings. The quantitative estimate of drug-likeness (QED) is 0.198. The molecule has 0 aliphatic carbocycles. The van der Waals surface area contributed by atoms with E-state index in [9.17, 15) is 0 Å². The van der Waals surface area contributed by atoms with Crippen LogP contribution in [-0.4, -0.2) is 24.1 Å². The zero-order valence-corrected chi connectivity index (χ0v) is 25.8. The molecule has 10 aromatic rings. The summed E-state index contributed by atoms with van der Waals surface area (Å²) in [7, 11) is 0. The van der Waals surface area contributed by atoms with Crippen LogP contribution < -0.4 is 0 Å². The largest absolute Gasteiger partial charge is 0.309 e. The highest BCUT2D eigenvalue weighted by molar-refractivity contribution is 6.19. The minimum atomic E-state index is 0.589. The molecule has 0 aliphatic heterocycles. The molecule has 3 heterocycles. The van der Waals surface area contributed by atoms with Crippen LogP contribution in [0.25, 0.3) is 88.8 Å². The molecule has 5 heteroatoms. The third-order valence-corrected chi connectivity index (χ3v) is 9.34. The van der Waals surface area contributed by atoms with Gasteiger partial charge in [0.1, 0.15) is 0 Å². The van der Waals surface area contributed by atoms with Gasteiger partial charge < -0.3 is 4.57 Å². The molecule has 0 unspecified atom stereocenters. The van der Waals surface area contributed by atoms with Gasteiger partial charge in [0.05, 0.1) is 22.1 Å². The van der Waals surface area contributed by atoms with Gasteiger partial charge in [0, 0.05) is 38.4 Å². The van der Waals surface area contributed by atoms with E-state index in [1.54, 1.807) is 0 Å². The van der Waals surface area contributed by atoms with Gasteiger partial charge in [-0.1, -0.05) is 127 Å². The molecule has 0 aliphatic rings. The molecule has 0 bridgehead atoms. The van der Waals surface area contributed by atoms with Gasteiger partial charge in [-0.15, -0.1) is 0 Å². The Morgan fingerprint density at radius 1 is 0.333 bits per heavy atom. The van der Waals surface area contributed by atoms with Crippen LogP contribution in [0.2, 0.25) is 0 Å². The average molecular weight is 614 g/mol. The van der Waals surface area contributed by atoms with Gasteiger partial charge in [-0.05, 0) is 47.2 Å². The van der Waals surface area contributed by atoms with E-state index < -0.39 is 0 Å². The number of hydrogen-bond donors (Lipinski definition) is 0. The third-order valence-electron chi connectivity index (χ3n) is 9.34. The Morgan fingerprint density at radius 3 is 1.46 bits per heavy atom. The van der Waals surface area contributed by atoms with Crippen LogP contribution in [-0.2, 0) is 0 Å². The van der Waals surface area contributed by atoms with Crippen LogP contribution in [0.15, 0.2) is 164 Å². The molecule has 0 spiro atoms. The van der Waals surface area contributed by atoms with Crippen LogP contribution in [0, 0.1) is 0 Å². The molecule has 5 nitrogen and oxygen atoms in total. The Morgan fingerprint density at radius 2 is 0.833 bits per heavy atom. The maximum absolute atomic E-state index is 5.13. The molecule has 0 atom stereocenters. The van der Waals surface area contributed by atoms with Gasteiger partial charge >= 0.3 is 0 Å². The van der Waals surface area contributed by atoms with E-state index in [0.717, 1.165) is 44.1 Å². The van der Waals surface area contributed by atoms with Crippen molar-refractivity contribution in [3.63, 3.8) is 0 Å². The summed E-state index contributed by atoms with van der Waals surface area (Å²) >= 11 is 0. The molecule has 0 saturated heterocycles. The molecule has 0 radical (unpaired) electrons. The number of aromatic nitrogens is 5. The predicted molar refractivity (Wildman–Crippen MR) is 197 cm³/mol. The van der Waals surface area contributed by atoms with Crippen LogP contribution in [0.5, 0.6) is 0 Å². The molecule has 224 valence electrons. The summed E-state index contributed by atoms with van der Waals surface area (Å²) in [6.45, 7) is 0. The Bertz CT molecular complexity index is 2770. The van der Waals surface area contributed by atoms with Crippen LogP contribution >= 0.6 is 0 Å². The van der Waals surface area contributed by atoms with Gasteiger partial charge in [0.25, 0.3) is 0 Å². The summed E-state index contributed by atoms with van der Waals surface area (Å²) in [4.78, 5) is 15.2. The second-order valence-electron chi connectivity index (χ2n) is 12.1. The molecule has 7 aromatic carbocycles. The molecule has 10 rings (SSSR count). The fourth-order valence-electron chi connectivity index (χ4n) is 7.14. The fraction of sp³-hybridized carbons (Fsp3) is 0. The fourth-order valence-corrected chi connectivity index (χ4v) is 7.14. The second-order valence-corrected chi connectivity index (χ2v) is 12.1. The Balaban J connectivity index is 1.30. The highest BCUT2D eigenvalue weighted by Gasteiger charge is 2.21. The minimum Gasteiger partial charge on any atom is -0.309 e. The van der Waals surface area contributed by atoms with Crippen LogP contribution in [0.3, 0.4) is 0 Å². The minimum absolute atomic E-state index is 0.589. The lowest BCUT2D eigenvalue weighted by molar-refractivity contribution is 0.954. The van der Waals surface area contributed by atoms with Crippen molar-refractivity contribution in [1.82, 2.24) is 24.1 Å². The van der Waals surface area contributed by atoms with Crippen molar-refractivity contribution in [2.75, 3.05) is 0 Å². The standard InChI is InChI=1S/C43H27N5/c1-3-14-29(15-4-1)41-44-42(30-16-5-2-6-17-30)46-43(45-41)48-38-22-12-10-20-34(38)36-26-39-35(27-40(36)48)33-19-9-11-21-37(33)47(39)32-24-23-28-13-7-8-18-31(28)25-32/h1-27H. The topological polar surface area (TPSA) is 48.5 Å². The van der Waals surface area contributed by atoms with E-state index >= 15 is 0 Å². The lowest BCUT2D eigenvalue weighted by Crippen LogP contribution is -2.06. The smallest absolute Gasteiger partial charge is 0.238 e. The maximum atomic E-state index is 5.13. The lowest BCUT2D eigenvalue weighted by atomic mass is 10.1. The third kappa shape index (κ3) is 4.08. The van der Waals surface area contributed by atoms with Crippen molar-refractivity contribution in [3.8, 4) is 34.4 Å². The van der Waals surface area contributed by atoms with Crippen molar-refractivity contribution in [1.29, 1.82) is 0 Å². The zero-order chi connectivity index (χ0) is 31.6. The van der Waals surface area contributed by atoms with E-state index in [1.165, 1.54) is 27.1 Å². The number of nitrogens with zero attached hydrogens (tertiary/aromatic N) is 5. The van der Waals surface area contributed by atoms with Crippen LogP contribution in [0.1, 0.15) is 0 Å². The highest BCUT2D eigenvalue weighted by Crippen LogP contribution is 2.39. The van der Waals surface area contributed by atoms with Gasteiger partial charge in [0.2, 0.25) is 5.95 Å². The van der Waals surface area contributed by atoms with E-state index in [4.69, 9.17) is 15.0 Å². The summed E-state index contributed by atoms with van der Waals surface area (Å²) in [5.41, 5.74) is 7.46. The van der Waals surface area contributed by atoms with Gasteiger partial charge in [-0.2, -0.15) is 9.97 Å². The molecular weight excluding hydrogens is 587 g/mol. The van der Waals surface area contributed by atoms with E-state index in [-0.39, 0.29) is 0 Å². The van der Waals surface area contributed by atoms with Crippen molar-refractivity contribution in [3.05, 3.63) is 164 Å². The Hall–Kier alpha value is -6.59. The number of fused-ring (bicyclic) bond motifs is 7. The maximum Gasteiger partial charge on any atom is 0.238 e. The van der Waals surface area contributed by atoms with Crippen molar-refractivity contribution >= 4 is 54.4 Å². The van der Waals surface area contributed by atoms with Crippen LogP contribution in [0.4, 0.5) is 0 Å². The van der Waals surface area contributed by atoms with Crippen molar-refractivity contribution in [2.45, 2.75) is 0 Å². The van der Waals surface area contributed by atoms with E-state index in [1.807, 2.05) is 60.7 Å². The van der Waals surface area contributed by atoms with E-state index in [2.05, 4.69) is 112 Å².